The van der Waals surface area contributed by atoms with E-state index in [2.05, 4.69) is 45.9 Å². The van der Waals surface area contributed by atoms with Gasteiger partial charge in [0.1, 0.15) is 0 Å². The minimum atomic E-state index is 0.824. The molecule has 0 unspecified atom stereocenters. The Morgan fingerprint density at radius 3 is 2.45 bits per heavy atom. The van der Waals surface area contributed by atoms with Crippen LogP contribution in [0.3, 0.4) is 0 Å². The zero-order valence-electron chi connectivity index (χ0n) is 8.22. The first kappa shape index (κ1) is 10.5. The van der Waals surface area contributed by atoms with Crippen molar-refractivity contribution in [2.75, 3.05) is 0 Å². The third-order valence-corrected chi connectivity index (χ3v) is 1.64. The van der Waals surface area contributed by atoms with Crippen LogP contribution in [-0.4, -0.2) is 0 Å². The molecule has 0 aromatic rings. The van der Waals surface area contributed by atoms with Gasteiger partial charge in [-0.2, -0.15) is 0 Å². The molecule has 0 nitrogen and oxygen atoms in total. The van der Waals surface area contributed by atoms with Gasteiger partial charge in [-0.3, -0.25) is 0 Å². The molecule has 0 saturated carbocycles. The van der Waals surface area contributed by atoms with Crippen molar-refractivity contribution in [2.45, 2.75) is 40.5 Å². The van der Waals surface area contributed by atoms with Crippen molar-refractivity contribution in [3.8, 4) is 0 Å². The monoisotopic (exact) mass is 152 g/mol. The Hall–Kier alpha value is -0.520. The predicted octanol–water partition coefficient (Wildman–Crippen LogP) is 3.95. The van der Waals surface area contributed by atoms with Crippen molar-refractivity contribution in [3.63, 3.8) is 0 Å². The summed E-state index contributed by atoms with van der Waals surface area (Å²) in [5.41, 5.74) is 1.38. The van der Waals surface area contributed by atoms with Crippen molar-refractivity contribution in [1.29, 1.82) is 0 Å². The number of hydrogen-bond acceptors (Lipinski definition) is 0. The molecule has 0 aliphatic carbocycles. The highest BCUT2D eigenvalue weighted by molar-refractivity contribution is 5.14. The molecule has 0 heterocycles. The molecule has 0 aliphatic heterocycles. The molecule has 0 atom stereocenters. The molecule has 0 spiro atoms. The van der Waals surface area contributed by atoms with Crippen LogP contribution in [-0.2, 0) is 0 Å². The molecule has 0 heteroatoms. The fourth-order valence-electron chi connectivity index (χ4n) is 0.975. The van der Waals surface area contributed by atoms with E-state index in [0.717, 1.165) is 5.92 Å². The molecular weight excluding hydrogens is 132 g/mol. The van der Waals surface area contributed by atoms with E-state index in [1.54, 1.807) is 0 Å². The molecule has 0 bridgehead atoms. The van der Waals surface area contributed by atoms with E-state index >= 15 is 0 Å². The van der Waals surface area contributed by atoms with Crippen LogP contribution in [0.1, 0.15) is 40.5 Å². The first-order chi connectivity index (χ1) is 5.16. The second kappa shape index (κ2) is 6.21. The maximum absolute atomic E-state index is 2.31. The van der Waals surface area contributed by atoms with Crippen molar-refractivity contribution in [2.24, 2.45) is 5.92 Å². The Labute approximate surface area is 71.0 Å². The quantitative estimate of drug-likeness (QED) is 0.535. The molecule has 0 saturated heterocycles. The zero-order valence-corrected chi connectivity index (χ0v) is 8.22. The number of hydrogen-bond donors (Lipinski definition) is 0. The minimum Gasteiger partial charge on any atom is -0.0874 e. The highest BCUT2D eigenvalue weighted by Crippen LogP contribution is 2.06. The van der Waals surface area contributed by atoms with E-state index in [1.165, 1.54) is 18.4 Å². The third kappa shape index (κ3) is 7.38. The Morgan fingerprint density at radius 1 is 1.36 bits per heavy atom. The topological polar surface area (TPSA) is 0 Å². The summed E-state index contributed by atoms with van der Waals surface area (Å²) in [4.78, 5) is 0. The van der Waals surface area contributed by atoms with E-state index in [-0.39, 0.29) is 0 Å². The summed E-state index contributed by atoms with van der Waals surface area (Å²) in [5, 5.41) is 0. The van der Waals surface area contributed by atoms with Crippen LogP contribution in [0.4, 0.5) is 0 Å². The average molecular weight is 152 g/mol. The summed E-state index contributed by atoms with van der Waals surface area (Å²) in [7, 11) is 0. The molecule has 0 amide bonds. The lowest BCUT2D eigenvalue weighted by molar-refractivity contribution is 0.593. The smallest absolute Gasteiger partial charge is 0.0343 e. The van der Waals surface area contributed by atoms with Crippen LogP contribution < -0.4 is 0 Å². The van der Waals surface area contributed by atoms with Crippen LogP contribution in [0.2, 0.25) is 0 Å². The lowest BCUT2D eigenvalue weighted by Gasteiger charge is -1.99. The molecule has 0 aromatic carbocycles. The Bertz CT molecular complexity index is 138. The van der Waals surface area contributed by atoms with Crippen molar-refractivity contribution in [3.05, 3.63) is 23.8 Å². The van der Waals surface area contributed by atoms with Crippen LogP contribution >= 0.6 is 0 Å². The predicted molar refractivity (Wildman–Crippen MR) is 52.6 cm³/mol. The van der Waals surface area contributed by atoms with Crippen molar-refractivity contribution >= 4 is 0 Å². The van der Waals surface area contributed by atoms with Gasteiger partial charge in [0.2, 0.25) is 0 Å². The molecule has 64 valence electrons. The number of allylic oxidation sites excluding steroid dienone is 4. The maximum Gasteiger partial charge on any atom is -0.0343 e. The largest absolute Gasteiger partial charge is 0.0874 e. The third-order valence-electron chi connectivity index (χ3n) is 1.64. The highest BCUT2D eigenvalue weighted by atomic mass is 14.0. The standard InChI is InChI=1S/C11H20/c1-5-7-11(4)9-6-8-10(2)3/h5,7,9-10H,6,8H2,1-4H3. The summed E-state index contributed by atoms with van der Waals surface area (Å²) in [6.45, 7) is 8.73. The number of rotatable bonds is 4. The van der Waals surface area contributed by atoms with E-state index in [9.17, 15) is 0 Å². The molecule has 0 fully saturated rings. The highest BCUT2D eigenvalue weighted by Gasteiger charge is 1.90. The molecule has 0 N–H and O–H groups in total. The van der Waals surface area contributed by atoms with Gasteiger partial charge in [0, 0.05) is 0 Å². The van der Waals surface area contributed by atoms with Gasteiger partial charge in [-0.05, 0) is 32.6 Å². The Balaban J connectivity index is 3.56. The second-order valence-corrected chi connectivity index (χ2v) is 3.42. The maximum atomic E-state index is 2.31. The van der Waals surface area contributed by atoms with Gasteiger partial charge in [0.25, 0.3) is 0 Å². The molecule has 0 aliphatic rings. The normalized spacial score (nSPS) is 13.4. The summed E-state index contributed by atoms with van der Waals surface area (Å²) in [5.74, 6) is 0.824. The lowest BCUT2D eigenvalue weighted by Crippen LogP contribution is -1.84. The average Bonchev–Trinajstić information content (AvgIpc) is 1.87. The van der Waals surface area contributed by atoms with Crippen LogP contribution in [0, 0.1) is 5.92 Å². The molecular formula is C11H20. The summed E-state index contributed by atoms with van der Waals surface area (Å²) in [6, 6.07) is 0. The SMILES string of the molecule is CC=CC(C)=CCCC(C)C. The second-order valence-electron chi connectivity index (χ2n) is 3.42. The fraction of sp³-hybridized carbons (Fsp3) is 0.636. The van der Waals surface area contributed by atoms with Gasteiger partial charge in [-0.1, -0.05) is 37.6 Å². The minimum absolute atomic E-state index is 0.824. The fourth-order valence-corrected chi connectivity index (χ4v) is 0.975. The van der Waals surface area contributed by atoms with Crippen molar-refractivity contribution in [1.82, 2.24) is 0 Å². The van der Waals surface area contributed by atoms with E-state index < -0.39 is 0 Å². The van der Waals surface area contributed by atoms with Gasteiger partial charge in [0.05, 0.1) is 0 Å². The summed E-state index contributed by atoms with van der Waals surface area (Å²) < 4.78 is 0. The van der Waals surface area contributed by atoms with E-state index in [1.807, 2.05) is 0 Å². The molecule has 0 rings (SSSR count). The van der Waals surface area contributed by atoms with Gasteiger partial charge < -0.3 is 0 Å². The molecule has 0 radical (unpaired) electrons. The summed E-state index contributed by atoms with van der Waals surface area (Å²) in [6.07, 6.45) is 9.06. The first-order valence-electron chi connectivity index (χ1n) is 4.46. The van der Waals surface area contributed by atoms with Crippen molar-refractivity contribution < 1.29 is 0 Å². The van der Waals surface area contributed by atoms with Gasteiger partial charge >= 0.3 is 0 Å². The van der Waals surface area contributed by atoms with Gasteiger partial charge in [-0.25, -0.2) is 0 Å². The van der Waals surface area contributed by atoms with E-state index in [0.29, 0.717) is 0 Å². The first-order valence-corrected chi connectivity index (χ1v) is 4.46. The lowest BCUT2D eigenvalue weighted by atomic mass is 10.1. The van der Waals surface area contributed by atoms with Crippen LogP contribution in [0.5, 0.6) is 0 Å². The summed E-state index contributed by atoms with van der Waals surface area (Å²) >= 11 is 0. The molecule has 11 heavy (non-hydrogen) atoms. The van der Waals surface area contributed by atoms with Crippen LogP contribution in [0.15, 0.2) is 23.8 Å². The zero-order chi connectivity index (χ0) is 8.69. The van der Waals surface area contributed by atoms with Gasteiger partial charge in [-0.15, -0.1) is 0 Å². The van der Waals surface area contributed by atoms with Crippen LogP contribution in [0.25, 0.3) is 0 Å². The van der Waals surface area contributed by atoms with Gasteiger partial charge in [0.15, 0.2) is 0 Å². The Morgan fingerprint density at radius 2 is 2.00 bits per heavy atom. The Kier molecular flexibility index (Phi) is 5.91. The van der Waals surface area contributed by atoms with E-state index in [4.69, 9.17) is 0 Å². The molecule has 0 aromatic heterocycles.